The molecule has 3 aliphatic rings. The SMILES string of the molecule is O=C(NCCCN1CCN(CCCNC(=O)C2(F)C(F)(F)C(F)(F)C(F)(F)C(F)(F)C2(F)F)CC1)C1(F)C(F)(F)C(F)(F)C(F)(F)C(F)(F)C1(F)F. The molecule has 52 heavy (non-hydrogen) atoms. The van der Waals surface area contributed by atoms with Gasteiger partial charge in [-0.1, -0.05) is 0 Å². The molecule has 28 heteroatoms. The van der Waals surface area contributed by atoms with Gasteiger partial charge in [-0.25, -0.2) is 8.78 Å². The predicted molar refractivity (Wildman–Crippen MR) is 125 cm³/mol. The van der Waals surface area contributed by atoms with E-state index < -0.39 is 108 Å². The Bertz CT molecular complexity index is 1220. The van der Waals surface area contributed by atoms with Crippen molar-refractivity contribution in [1.29, 1.82) is 0 Å². The summed E-state index contributed by atoms with van der Waals surface area (Å²) in [5.41, 5.74) is -13.7. The molecule has 0 aromatic heterocycles. The highest BCUT2D eigenvalue weighted by molar-refractivity contribution is 5.89. The molecule has 1 aliphatic heterocycles. The van der Waals surface area contributed by atoms with Crippen LogP contribution in [0.5, 0.6) is 0 Å². The molecule has 3 rings (SSSR count). The second kappa shape index (κ2) is 12.4. The number of hydrogen-bond donors (Lipinski definition) is 2. The highest BCUT2D eigenvalue weighted by Crippen LogP contribution is 2.71. The molecule has 2 aliphatic carbocycles. The van der Waals surface area contributed by atoms with Crippen LogP contribution in [0.25, 0.3) is 0 Å². The summed E-state index contributed by atoms with van der Waals surface area (Å²) in [6.07, 6.45) is -1.06. The van der Waals surface area contributed by atoms with Gasteiger partial charge >= 0.3 is 70.6 Å². The van der Waals surface area contributed by atoms with Crippen LogP contribution >= 0.6 is 0 Å². The van der Waals surface area contributed by atoms with E-state index in [0.29, 0.717) is 0 Å². The Balaban J connectivity index is 1.50. The smallest absolute Gasteiger partial charge is 0.353 e. The molecular formula is C24H22F22N4O2. The number of carbonyl (C=O) groups excluding carboxylic acids is 2. The van der Waals surface area contributed by atoms with Gasteiger partial charge in [-0.15, -0.1) is 0 Å². The molecule has 0 bridgehead atoms. The maximum atomic E-state index is 14.7. The van der Waals surface area contributed by atoms with Crippen LogP contribution in [0.1, 0.15) is 12.8 Å². The number of carbonyl (C=O) groups is 2. The van der Waals surface area contributed by atoms with Gasteiger partial charge in [0.1, 0.15) is 0 Å². The molecule has 0 radical (unpaired) electrons. The molecule has 3 fully saturated rings. The highest BCUT2D eigenvalue weighted by Gasteiger charge is 3.04. The Labute approximate surface area is 275 Å². The van der Waals surface area contributed by atoms with Gasteiger partial charge in [0.15, 0.2) is 0 Å². The summed E-state index contributed by atoms with van der Waals surface area (Å²) in [6, 6.07) is 0. The molecule has 0 aromatic carbocycles. The van der Waals surface area contributed by atoms with Gasteiger partial charge in [0.05, 0.1) is 0 Å². The van der Waals surface area contributed by atoms with Gasteiger partial charge in [0, 0.05) is 39.3 Å². The number of nitrogens with one attached hydrogen (secondary N) is 2. The number of amides is 2. The van der Waals surface area contributed by atoms with Crippen molar-refractivity contribution >= 4 is 11.8 Å². The third-order valence-corrected chi connectivity index (χ3v) is 8.85. The minimum Gasteiger partial charge on any atom is -0.353 e. The first-order chi connectivity index (χ1) is 23.0. The van der Waals surface area contributed by atoms with Crippen LogP contribution in [0.4, 0.5) is 96.6 Å². The minimum atomic E-state index is -7.51. The summed E-state index contributed by atoms with van der Waals surface area (Å²) < 4.78 is 303. The van der Waals surface area contributed by atoms with Crippen LogP contribution in [0.3, 0.4) is 0 Å². The van der Waals surface area contributed by atoms with Crippen molar-refractivity contribution in [3.05, 3.63) is 0 Å². The summed E-state index contributed by atoms with van der Waals surface area (Å²) in [6.45, 7) is -2.99. The van der Waals surface area contributed by atoms with E-state index in [1.54, 1.807) is 0 Å². The number of halogens is 22. The molecule has 304 valence electrons. The molecule has 0 spiro atoms. The predicted octanol–water partition coefficient (Wildman–Crippen LogP) is 5.41. The van der Waals surface area contributed by atoms with E-state index in [1.807, 2.05) is 0 Å². The van der Waals surface area contributed by atoms with E-state index in [1.165, 1.54) is 9.80 Å². The van der Waals surface area contributed by atoms with Gasteiger partial charge in [-0.05, 0) is 25.9 Å². The lowest BCUT2D eigenvalue weighted by molar-refractivity contribution is -0.476. The fourth-order valence-corrected chi connectivity index (χ4v) is 5.50. The molecule has 6 nitrogen and oxygen atoms in total. The van der Waals surface area contributed by atoms with Crippen molar-refractivity contribution in [1.82, 2.24) is 20.4 Å². The first-order valence-electron chi connectivity index (χ1n) is 14.2. The largest absolute Gasteiger partial charge is 0.384 e. The van der Waals surface area contributed by atoms with Gasteiger partial charge in [0.2, 0.25) is 0 Å². The molecule has 2 N–H and O–H groups in total. The average Bonchev–Trinajstić information content (AvgIpc) is 3.02. The molecule has 2 saturated carbocycles. The van der Waals surface area contributed by atoms with E-state index in [-0.39, 0.29) is 39.3 Å². The molecule has 1 heterocycles. The van der Waals surface area contributed by atoms with E-state index >= 15 is 0 Å². The second-order valence-corrected chi connectivity index (χ2v) is 12.0. The van der Waals surface area contributed by atoms with Crippen molar-refractivity contribution in [2.75, 3.05) is 52.4 Å². The van der Waals surface area contributed by atoms with Crippen LogP contribution in [0.2, 0.25) is 0 Å². The molecular weight excluding hydrogens is 794 g/mol. The van der Waals surface area contributed by atoms with Crippen LogP contribution in [0, 0.1) is 0 Å². The average molecular weight is 816 g/mol. The fraction of sp³-hybridized carbons (Fsp3) is 0.917. The van der Waals surface area contributed by atoms with Gasteiger partial charge in [-0.2, -0.15) is 87.8 Å². The quantitative estimate of drug-likeness (QED) is 0.229. The van der Waals surface area contributed by atoms with Crippen molar-refractivity contribution in [2.24, 2.45) is 0 Å². The molecule has 2 amide bonds. The maximum Gasteiger partial charge on any atom is 0.384 e. The van der Waals surface area contributed by atoms with Crippen molar-refractivity contribution in [3.8, 4) is 0 Å². The van der Waals surface area contributed by atoms with Crippen LogP contribution in [0.15, 0.2) is 0 Å². The molecule has 0 unspecified atom stereocenters. The first-order valence-corrected chi connectivity index (χ1v) is 14.2. The van der Waals surface area contributed by atoms with Crippen LogP contribution < -0.4 is 10.6 Å². The topological polar surface area (TPSA) is 64.7 Å². The second-order valence-electron chi connectivity index (χ2n) is 12.0. The zero-order chi connectivity index (χ0) is 40.8. The summed E-state index contributed by atoms with van der Waals surface area (Å²) in [5.74, 6) is -81.3. The summed E-state index contributed by atoms with van der Waals surface area (Å²) in [4.78, 5) is 26.5. The van der Waals surface area contributed by atoms with Gasteiger partial charge in [-0.3, -0.25) is 9.59 Å². The van der Waals surface area contributed by atoms with Crippen molar-refractivity contribution in [2.45, 2.75) is 83.4 Å². The van der Waals surface area contributed by atoms with Crippen LogP contribution in [-0.4, -0.2) is 145 Å². The van der Waals surface area contributed by atoms with E-state index in [9.17, 15) is 106 Å². The Kier molecular flexibility index (Phi) is 10.4. The van der Waals surface area contributed by atoms with Crippen molar-refractivity contribution in [3.63, 3.8) is 0 Å². The number of piperazine rings is 1. The zero-order valence-corrected chi connectivity index (χ0v) is 25.1. The van der Waals surface area contributed by atoms with Crippen LogP contribution in [-0.2, 0) is 9.59 Å². The summed E-state index contributed by atoms with van der Waals surface area (Å²) in [5, 5.41) is 1.90. The third kappa shape index (κ3) is 5.08. The van der Waals surface area contributed by atoms with E-state index in [4.69, 9.17) is 0 Å². The lowest BCUT2D eigenvalue weighted by Gasteiger charge is -2.51. The first kappa shape index (κ1) is 43.7. The normalized spacial score (nSPS) is 29.8. The summed E-state index contributed by atoms with van der Waals surface area (Å²) >= 11 is 0. The standard InChI is InChI=1S/C24H22F22N4O2/c25-13(15(27,28)19(35,36)23(43,44)20(37,38)16(13,29)30)11(51)47-3-1-5-49-7-9-50(10-8-49)6-2-4-48-12(52)14(26)17(31,32)21(39,40)24(45,46)22(41,42)18(14,33)34/h1-10H2,(H,47,51)(H,48,52). The number of hydrogen-bond acceptors (Lipinski definition) is 4. The maximum absolute atomic E-state index is 14.7. The Morgan fingerprint density at radius 2 is 0.558 bits per heavy atom. The molecule has 0 aromatic rings. The lowest BCUT2D eigenvalue weighted by Crippen LogP contribution is -2.86. The summed E-state index contributed by atoms with van der Waals surface area (Å²) in [7, 11) is 0. The molecule has 0 atom stereocenters. The minimum absolute atomic E-state index is 0.0402. The fourth-order valence-electron chi connectivity index (χ4n) is 5.50. The zero-order valence-electron chi connectivity index (χ0n) is 25.1. The van der Waals surface area contributed by atoms with Crippen molar-refractivity contribution < 1.29 is 106 Å². The molecule has 1 saturated heterocycles. The Morgan fingerprint density at radius 3 is 0.769 bits per heavy atom. The Hall–Kier alpha value is -2.68. The Morgan fingerprint density at radius 1 is 0.365 bits per heavy atom. The number of rotatable bonds is 10. The monoisotopic (exact) mass is 816 g/mol. The third-order valence-electron chi connectivity index (χ3n) is 8.85. The van der Waals surface area contributed by atoms with E-state index in [0.717, 1.165) is 10.6 Å². The number of nitrogens with zero attached hydrogens (tertiary/aromatic N) is 2. The number of alkyl halides is 22. The van der Waals surface area contributed by atoms with Gasteiger partial charge in [0.25, 0.3) is 11.8 Å². The highest BCUT2D eigenvalue weighted by atomic mass is 19.4. The lowest BCUT2D eigenvalue weighted by atomic mass is 9.71. The van der Waals surface area contributed by atoms with Gasteiger partial charge < -0.3 is 20.4 Å². The van der Waals surface area contributed by atoms with E-state index in [2.05, 4.69) is 0 Å².